The molecule has 0 atom stereocenters. The summed E-state index contributed by atoms with van der Waals surface area (Å²) in [6, 6.07) is 0. The van der Waals surface area contributed by atoms with Gasteiger partial charge in [0.2, 0.25) is 0 Å². The predicted octanol–water partition coefficient (Wildman–Crippen LogP) is 0.452. The monoisotopic (exact) mass is 234 g/mol. The van der Waals surface area contributed by atoms with Gasteiger partial charge < -0.3 is 9.63 Å². The zero-order valence-corrected chi connectivity index (χ0v) is 6.40. The van der Waals surface area contributed by atoms with Crippen LogP contribution < -0.4 is 5.11 Å². The van der Waals surface area contributed by atoms with Gasteiger partial charge in [-0.3, -0.25) is 0 Å². The molecule has 10 heavy (non-hydrogen) atoms. The van der Waals surface area contributed by atoms with E-state index in [1.54, 1.807) is 0 Å². The molecular weight excluding hydrogens is 232 g/mol. The third kappa shape index (κ3) is 1.44. The molecule has 0 spiro atoms. The minimum Gasteiger partial charge on any atom is -0.542 e. The number of aromatic nitrogens is 1. The Kier molecular flexibility index (Phi) is 3.27. The van der Waals surface area contributed by atoms with Crippen molar-refractivity contribution >= 4 is 5.69 Å². The van der Waals surface area contributed by atoms with Gasteiger partial charge in [-0.1, -0.05) is 0 Å². The van der Waals surface area contributed by atoms with Gasteiger partial charge in [0, 0.05) is 0 Å². The van der Waals surface area contributed by atoms with Crippen LogP contribution in [0.2, 0.25) is 0 Å². The molecule has 6 heteroatoms. The van der Waals surface area contributed by atoms with E-state index < -0.39 is 5.95 Å². The zero-order chi connectivity index (χ0) is 6.85. The first kappa shape index (κ1) is 9.35. The van der Waals surface area contributed by atoms with Crippen LogP contribution in [0.1, 0.15) is 5.69 Å². The first-order chi connectivity index (χ1) is 4.25. The first-order valence-corrected chi connectivity index (χ1v) is 2.22. The molecule has 0 aliphatic carbocycles. The van der Waals surface area contributed by atoms with Crippen LogP contribution in [0, 0.1) is 11.8 Å². The third-order valence-electron chi connectivity index (χ3n) is 0.893. The standard InChI is InChI=1S/C4H4N2O3.Ag/c1-2-3(5-8)4(7)9-6-2;/h7H,1H3;/q;+1/p-1. The Bertz CT molecular complexity index is 215. The molecule has 0 saturated heterocycles. The molecule has 58 valence electrons. The topological polar surface area (TPSA) is 78.5 Å². The van der Waals surface area contributed by atoms with E-state index in [2.05, 4.69) is 14.9 Å². The first-order valence-electron chi connectivity index (χ1n) is 2.22. The smallest absolute Gasteiger partial charge is 0.542 e. The van der Waals surface area contributed by atoms with Crippen molar-refractivity contribution in [1.29, 1.82) is 0 Å². The molecule has 0 bridgehead atoms. The maximum absolute atomic E-state index is 10.3. The van der Waals surface area contributed by atoms with Gasteiger partial charge >= 0.3 is 22.4 Å². The van der Waals surface area contributed by atoms with Gasteiger partial charge in [0.05, 0.1) is 5.69 Å². The molecule has 0 aliphatic rings. The predicted molar refractivity (Wildman–Crippen MR) is 26.1 cm³/mol. The van der Waals surface area contributed by atoms with Crippen molar-refractivity contribution in [2.24, 2.45) is 5.18 Å². The fourth-order valence-electron chi connectivity index (χ4n) is 0.447. The van der Waals surface area contributed by atoms with E-state index in [0.717, 1.165) is 0 Å². The molecule has 0 N–H and O–H groups in total. The maximum Gasteiger partial charge on any atom is 1.00 e. The Morgan fingerprint density at radius 3 is 2.50 bits per heavy atom. The maximum atomic E-state index is 10.3. The summed E-state index contributed by atoms with van der Waals surface area (Å²) in [5.41, 5.74) is -0.00926. The second-order valence-corrected chi connectivity index (χ2v) is 1.50. The third-order valence-corrected chi connectivity index (χ3v) is 0.893. The summed E-state index contributed by atoms with van der Waals surface area (Å²) in [5, 5.41) is 16.0. The molecule has 1 aromatic rings. The minimum absolute atomic E-state index is 0. The van der Waals surface area contributed by atoms with Crippen molar-refractivity contribution in [2.45, 2.75) is 6.92 Å². The number of rotatable bonds is 1. The number of aryl methyl sites for hydroxylation is 1. The summed E-state index contributed by atoms with van der Waals surface area (Å²) in [5.74, 6) is -0.775. The molecule has 0 saturated carbocycles. The molecule has 1 rings (SSSR count). The Morgan fingerprint density at radius 2 is 2.30 bits per heavy atom. The molecule has 1 heterocycles. The Balaban J connectivity index is 0.000000810. The van der Waals surface area contributed by atoms with Crippen LogP contribution in [-0.2, 0) is 22.4 Å². The summed E-state index contributed by atoms with van der Waals surface area (Å²) >= 11 is 0. The Labute approximate surface area is 71.9 Å². The summed E-state index contributed by atoms with van der Waals surface area (Å²) in [4.78, 5) is 9.76. The van der Waals surface area contributed by atoms with Crippen LogP contribution in [0.25, 0.3) is 0 Å². The van der Waals surface area contributed by atoms with Crippen LogP contribution in [0.15, 0.2) is 9.70 Å². The van der Waals surface area contributed by atoms with Crippen LogP contribution in [0.4, 0.5) is 5.69 Å². The van der Waals surface area contributed by atoms with Gasteiger partial charge in [-0.15, -0.1) is 4.91 Å². The Morgan fingerprint density at radius 1 is 1.70 bits per heavy atom. The fraction of sp³-hybridized carbons (Fsp3) is 0.250. The van der Waals surface area contributed by atoms with E-state index in [4.69, 9.17) is 0 Å². The van der Waals surface area contributed by atoms with E-state index in [0.29, 0.717) is 0 Å². The van der Waals surface area contributed by atoms with Gasteiger partial charge in [-0.25, -0.2) is 0 Å². The molecule has 0 amide bonds. The quantitative estimate of drug-likeness (QED) is 0.522. The van der Waals surface area contributed by atoms with Crippen LogP contribution in [0.3, 0.4) is 0 Å². The molecule has 0 fully saturated rings. The van der Waals surface area contributed by atoms with Crippen molar-refractivity contribution in [3.05, 3.63) is 10.6 Å². The molecule has 0 aromatic carbocycles. The molecule has 5 nitrogen and oxygen atoms in total. The fourth-order valence-corrected chi connectivity index (χ4v) is 0.447. The van der Waals surface area contributed by atoms with E-state index in [9.17, 15) is 10.0 Å². The molecule has 0 aliphatic heterocycles. The minimum atomic E-state index is -0.775. The largest absolute Gasteiger partial charge is 1.00 e. The molecule has 1 aromatic heterocycles. The average Bonchev–Trinajstić information content (AvgIpc) is 2.12. The molecule has 0 radical (unpaired) electrons. The average molecular weight is 235 g/mol. The molecular formula is C4H3AgN2O3. The summed E-state index contributed by atoms with van der Waals surface area (Å²) in [6.07, 6.45) is 0. The number of nitroso groups, excluding NO2 is 1. The SMILES string of the molecule is Cc1noc([O-])c1N=O.[Ag+]. The second kappa shape index (κ2) is 3.50. The van der Waals surface area contributed by atoms with Crippen molar-refractivity contribution in [2.75, 3.05) is 0 Å². The van der Waals surface area contributed by atoms with Crippen molar-refractivity contribution in [3.63, 3.8) is 0 Å². The molecule has 0 unspecified atom stereocenters. The van der Waals surface area contributed by atoms with Crippen LogP contribution in [-0.4, -0.2) is 5.16 Å². The number of hydrogen-bond acceptors (Lipinski definition) is 5. The van der Waals surface area contributed by atoms with Gasteiger partial charge in [0.15, 0.2) is 5.69 Å². The zero-order valence-electron chi connectivity index (χ0n) is 4.92. The Hall–Kier alpha value is -0.650. The van der Waals surface area contributed by atoms with E-state index in [-0.39, 0.29) is 33.8 Å². The summed E-state index contributed by atoms with van der Waals surface area (Å²) in [6.45, 7) is 1.47. The van der Waals surface area contributed by atoms with Crippen LogP contribution >= 0.6 is 0 Å². The van der Waals surface area contributed by atoms with Crippen molar-refractivity contribution in [3.8, 4) is 5.95 Å². The summed E-state index contributed by atoms with van der Waals surface area (Å²) < 4.78 is 4.09. The van der Waals surface area contributed by atoms with E-state index in [1.807, 2.05) is 0 Å². The van der Waals surface area contributed by atoms with Crippen LogP contribution in [0.5, 0.6) is 5.95 Å². The summed E-state index contributed by atoms with van der Waals surface area (Å²) in [7, 11) is 0. The van der Waals surface area contributed by atoms with E-state index >= 15 is 0 Å². The van der Waals surface area contributed by atoms with E-state index in [1.165, 1.54) is 6.92 Å². The normalized spacial score (nSPS) is 8.50. The van der Waals surface area contributed by atoms with Gasteiger partial charge in [0.25, 0.3) is 0 Å². The van der Waals surface area contributed by atoms with Gasteiger partial charge in [0.1, 0.15) is 5.95 Å². The van der Waals surface area contributed by atoms with Gasteiger partial charge in [-0.2, -0.15) is 5.16 Å². The van der Waals surface area contributed by atoms with Crippen molar-refractivity contribution < 1.29 is 32.0 Å². The number of hydrogen-bond donors (Lipinski definition) is 0. The van der Waals surface area contributed by atoms with Crippen molar-refractivity contribution in [1.82, 2.24) is 5.16 Å². The second-order valence-electron chi connectivity index (χ2n) is 1.50. The van der Waals surface area contributed by atoms with Gasteiger partial charge in [-0.05, 0) is 12.1 Å². The number of nitrogens with zero attached hydrogens (tertiary/aromatic N) is 2.